The summed E-state index contributed by atoms with van der Waals surface area (Å²) in [5.74, 6) is 6.08. The molecule has 11 rings (SSSR count). The number of amidine groups is 2. The molecule has 0 radical (unpaired) electrons. The van der Waals surface area contributed by atoms with Gasteiger partial charge in [0.15, 0.2) is 17.5 Å². The molecule has 1 aromatic heterocycles. The Morgan fingerprint density at radius 1 is 0.536 bits per heavy atom. The van der Waals surface area contributed by atoms with Gasteiger partial charge in [-0.25, -0.2) is 24.9 Å². The zero-order chi connectivity index (χ0) is 47.4. The van der Waals surface area contributed by atoms with Crippen LogP contribution in [0.2, 0.25) is 0 Å². The van der Waals surface area contributed by atoms with Gasteiger partial charge in [-0.05, 0) is 79.8 Å². The van der Waals surface area contributed by atoms with Crippen molar-refractivity contribution < 1.29 is 4.74 Å². The fourth-order valence-electron chi connectivity index (χ4n) is 10.6. The normalized spacial score (nSPS) is 18.1. The van der Waals surface area contributed by atoms with Gasteiger partial charge in [0.25, 0.3) is 0 Å². The topological polar surface area (TPSA) is 84.7 Å². The first-order chi connectivity index (χ1) is 33.5. The number of ether oxygens (including phenoxy) is 1. The van der Waals surface area contributed by atoms with Crippen LogP contribution in [0.1, 0.15) is 103 Å². The quantitative estimate of drug-likeness (QED) is 0.154. The molecule has 69 heavy (non-hydrogen) atoms. The van der Waals surface area contributed by atoms with Crippen molar-refractivity contribution in [2.75, 3.05) is 0 Å². The Hall–Kier alpha value is -7.77. The van der Waals surface area contributed by atoms with E-state index in [2.05, 4.69) is 212 Å². The first-order valence-electron chi connectivity index (χ1n) is 24.2. The number of hydrogen-bond acceptors (Lipinski definition) is 7. The van der Waals surface area contributed by atoms with Crippen molar-refractivity contribution in [3.63, 3.8) is 0 Å². The molecule has 7 nitrogen and oxygen atoms in total. The van der Waals surface area contributed by atoms with Crippen LogP contribution in [-0.2, 0) is 5.41 Å². The molecule has 0 bridgehead atoms. The predicted octanol–water partition coefficient (Wildman–Crippen LogP) is 14.9. The maximum absolute atomic E-state index is 7.18. The molecule has 0 fully saturated rings. The number of benzene rings is 7. The largest absolute Gasteiger partial charge is 0.455 e. The lowest BCUT2D eigenvalue weighted by molar-refractivity contribution is 0.421. The van der Waals surface area contributed by atoms with Crippen molar-refractivity contribution in [1.29, 1.82) is 0 Å². The molecule has 2 aliphatic heterocycles. The van der Waals surface area contributed by atoms with Crippen LogP contribution in [0.5, 0.6) is 11.5 Å². The second-order valence-electron chi connectivity index (χ2n) is 19.5. The summed E-state index contributed by atoms with van der Waals surface area (Å²) in [4.78, 5) is 25.8. The number of hydrogen-bond donors (Lipinski definition) is 1. The van der Waals surface area contributed by atoms with Crippen molar-refractivity contribution in [2.24, 2.45) is 15.9 Å². The van der Waals surface area contributed by atoms with Gasteiger partial charge in [-0.2, -0.15) is 0 Å². The zero-order valence-corrected chi connectivity index (χ0v) is 40.4. The lowest BCUT2D eigenvalue weighted by Gasteiger charge is -2.36. The van der Waals surface area contributed by atoms with E-state index in [4.69, 9.17) is 29.7 Å². The second-order valence-corrected chi connectivity index (χ2v) is 19.5. The summed E-state index contributed by atoms with van der Waals surface area (Å²) >= 11 is 0. The molecule has 1 aliphatic carbocycles. The van der Waals surface area contributed by atoms with E-state index in [1.807, 2.05) is 6.07 Å². The minimum Gasteiger partial charge on any atom is -0.455 e. The highest BCUT2D eigenvalue weighted by Crippen LogP contribution is 2.54. The molecule has 8 aromatic rings. The molecule has 0 amide bonds. The highest BCUT2D eigenvalue weighted by atomic mass is 16.5. The Bertz CT molecular complexity index is 3380. The molecule has 0 saturated heterocycles. The number of aromatic nitrogens is 3. The Balaban J connectivity index is 0.927. The molecule has 3 unspecified atom stereocenters. The van der Waals surface area contributed by atoms with Crippen molar-refractivity contribution in [1.82, 2.24) is 20.3 Å². The minimum atomic E-state index is -0.332. The van der Waals surface area contributed by atoms with E-state index in [1.165, 1.54) is 11.1 Å². The van der Waals surface area contributed by atoms with Crippen LogP contribution in [0, 0.1) is 26.7 Å². The lowest BCUT2D eigenvalue weighted by Crippen LogP contribution is -2.34. The molecular weight excluding hydrogens is 845 g/mol. The van der Waals surface area contributed by atoms with E-state index in [0.717, 1.165) is 114 Å². The summed E-state index contributed by atoms with van der Waals surface area (Å²) < 4.78 is 7.18. The summed E-state index contributed by atoms with van der Waals surface area (Å²) in [5.41, 5.74) is 16.0. The smallest absolute Gasteiger partial charge is 0.164 e. The summed E-state index contributed by atoms with van der Waals surface area (Å²) in [6.45, 7) is 15.5. The van der Waals surface area contributed by atoms with Crippen molar-refractivity contribution in [3.8, 4) is 56.5 Å². The van der Waals surface area contributed by atoms with E-state index in [-0.39, 0.29) is 17.5 Å². The number of para-hydroxylation sites is 2. The Morgan fingerprint density at radius 3 is 1.68 bits per heavy atom. The average Bonchev–Trinajstić information content (AvgIpc) is 3.36. The van der Waals surface area contributed by atoms with Gasteiger partial charge in [-0.1, -0.05) is 190 Å². The number of allylic oxidation sites excluding steroid dienone is 2. The SMILES string of the molecule is CC1=CCCC(C)C1c1nc(-c2ccc(-c3cccc4c3Oc3c(-c5ccc(C6=NC(c7ccccc7C)=NC(c7ccccc7C)N6)cc5)cccc3C4(C)C)cc2)nc(-c2ccccc2C)n1. The highest BCUT2D eigenvalue weighted by molar-refractivity contribution is 6.13. The third-order valence-electron chi connectivity index (χ3n) is 14.6. The van der Waals surface area contributed by atoms with Crippen molar-refractivity contribution in [2.45, 2.75) is 78.8 Å². The first-order valence-corrected chi connectivity index (χ1v) is 24.2. The molecule has 3 atom stereocenters. The Morgan fingerprint density at radius 2 is 1.07 bits per heavy atom. The van der Waals surface area contributed by atoms with Crippen LogP contribution in [0.3, 0.4) is 0 Å². The van der Waals surface area contributed by atoms with Crippen LogP contribution in [-0.4, -0.2) is 26.6 Å². The van der Waals surface area contributed by atoms with Crippen molar-refractivity contribution >= 4 is 11.7 Å². The third-order valence-corrected chi connectivity index (χ3v) is 14.6. The van der Waals surface area contributed by atoms with Gasteiger partial charge in [0.05, 0.1) is 0 Å². The van der Waals surface area contributed by atoms with Crippen LogP contribution in [0.4, 0.5) is 0 Å². The number of nitrogens with one attached hydrogen (secondary N) is 1. The van der Waals surface area contributed by atoms with E-state index in [0.29, 0.717) is 17.6 Å². The maximum Gasteiger partial charge on any atom is 0.164 e. The van der Waals surface area contributed by atoms with Crippen LogP contribution >= 0.6 is 0 Å². The average molecular weight is 901 g/mol. The highest BCUT2D eigenvalue weighted by Gasteiger charge is 2.37. The van der Waals surface area contributed by atoms with Gasteiger partial charge < -0.3 is 10.1 Å². The number of aryl methyl sites for hydroxylation is 3. The molecule has 7 aromatic carbocycles. The third kappa shape index (κ3) is 8.05. The summed E-state index contributed by atoms with van der Waals surface area (Å²) in [6.07, 6.45) is 4.28. The van der Waals surface area contributed by atoms with E-state index in [9.17, 15) is 0 Å². The molecule has 0 spiro atoms. The van der Waals surface area contributed by atoms with Gasteiger partial charge >= 0.3 is 0 Å². The molecule has 340 valence electrons. The molecular formula is C62H56N6O. The Labute approximate surface area is 405 Å². The number of nitrogens with zero attached hydrogens (tertiary/aromatic N) is 5. The van der Waals surface area contributed by atoms with Gasteiger partial charge in [-0.3, -0.25) is 0 Å². The standard InChI is InChI=1S/C62H56N6O/c1-37-17-8-11-22-46(37)58-63-56(64-59(67-58)47-23-12-9-18-38(47)2)44-33-29-42(30-34-44)49-25-15-27-51-54(49)69-55-50(26-16-28-52(55)62(51,6)7)43-31-35-45(36-32-43)57-65-60(48-24-13-10-19-39(48)3)68-61(66-57)53-40(4)20-14-21-41(53)5/h8-13,15-20,22-36,41,53,58H,14,21H2,1-7H3,(H,63,64,67). The van der Waals surface area contributed by atoms with Gasteiger partial charge in [0, 0.05) is 55.8 Å². The maximum atomic E-state index is 7.18. The zero-order valence-electron chi connectivity index (χ0n) is 40.4. The summed E-state index contributed by atoms with van der Waals surface area (Å²) in [7, 11) is 0. The van der Waals surface area contributed by atoms with Crippen LogP contribution in [0.25, 0.3) is 45.0 Å². The molecule has 3 aliphatic rings. The summed E-state index contributed by atoms with van der Waals surface area (Å²) in [6, 6.07) is 55.4. The van der Waals surface area contributed by atoms with E-state index >= 15 is 0 Å². The predicted molar refractivity (Wildman–Crippen MR) is 281 cm³/mol. The molecule has 1 N–H and O–H groups in total. The minimum absolute atomic E-state index is 0.150. The summed E-state index contributed by atoms with van der Waals surface area (Å²) in [5, 5.41) is 3.67. The lowest BCUT2D eigenvalue weighted by atomic mass is 9.74. The number of aliphatic imine (C=N–C) groups is 2. The number of fused-ring (bicyclic) bond motifs is 2. The van der Waals surface area contributed by atoms with Crippen LogP contribution in [0.15, 0.2) is 179 Å². The van der Waals surface area contributed by atoms with E-state index < -0.39 is 0 Å². The molecule has 0 saturated carbocycles. The fraction of sp³-hybridized carbons (Fsp3) is 0.210. The van der Waals surface area contributed by atoms with E-state index in [1.54, 1.807) is 0 Å². The van der Waals surface area contributed by atoms with Gasteiger partial charge in [0.2, 0.25) is 0 Å². The van der Waals surface area contributed by atoms with Crippen LogP contribution < -0.4 is 10.1 Å². The fourth-order valence-corrected chi connectivity index (χ4v) is 10.6. The first kappa shape index (κ1) is 43.8. The molecule has 3 heterocycles. The monoisotopic (exact) mass is 900 g/mol. The Kier molecular flexibility index (Phi) is 11.2. The van der Waals surface area contributed by atoms with Gasteiger partial charge in [-0.15, -0.1) is 0 Å². The molecule has 7 heteroatoms. The van der Waals surface area contributed by atoms with Crippen molar-refractivity contribution in [3.05, 3.63) is 220 Å². The van der Waals surface area contributed by atoms with Gasteiger partial charge in [0.1, 0.15) is 29.3 Å². The number of rotatable bonds is 8. The second kappa shape index (κ2) is 17.7.